The largest absolute Gasteiger partial charge is 0.308 e. The topological polar surface area (TPSA) is 70.6 Å². The number of fused-ring (bicyclic) bond motifs is 1. The molecule has 154 valence electrons. The van der Waals surface area contributed by atoms with Crippen LogP contribution in [0.15, 0.2) is 52.3 Å². The van der Waals surface area contributed by atoms with Crippen molar-refractivity contribution in [1.82, 2.24) is 9.88 Å². The van der Waals surface area contributed by atoms with Gasteiger partial charge in [-0.2, -0.15) is 0 Å². The van der Waals surface area contributed by atoms with Crippen molar-refractivity contribution in [3.63, 3.8) is 0 Å². The van der Waals surface area contributed by atoms with Gasteiger partial charge in [-0.3, -0.25) is 9.69 Å². The number of benzene rings is 2. The summed E-state index contributed by atoms with van der Waals surface area (Å²) in [4.78, 5) is 22.9. The summed E-state index contributed by atoms with van der Waals surface area (Å²) in [5, 5.41) is 0.636. The monoisotopic (exact) mass is 449 g/mol. The molecule has 29 heavy (non-hydrogen) atoms. The van der Waals surface area contributed by atoms with E-state index in [0.717, 1.165) is 21.4 Å². The summed E-state index contributed by atoms with van der Waals surface area (Å²) in [6, 6.07) is 12.1. The molecule has 9 heteroatoms. The van der Waals surface area contributed by atoms with Gasteiger partial charge in [0.2, 0.25) is 0 Å². The molecule has 1 heterocycles. The Bertz CT molecular complexity index is 1120. The number of carbonyl (C=O) groups is 1. The van der Waals surface area contributed by atoms with E-state index in [9.17, 15) is 13.2 Å². The van der Waals surface area contributed by atoms with Gasteiger partial charge < -0.3 is 4.90 Å². The molecular weight excluding hydrogens is 426 g/mol. The molecule has 0 unspecified atom stereocenters. The van der Waals surface area contributed by atoms with Crippen molar-refractivity contribution in [2.45, 2.75) is 9.79 Å². The maximum atomic E-state index is 13.2. The Kier molecular flexibility index (Phi) is 6.62. The molecule has 0 saturated heterocycles. The number of rotatable bonds is 7. The zero-order chi connectivity index (χ0) is 21.2. The van der Waals surface area contributed by atoms with Crippen LogP contribution >= 0.6 is 23.1 Å². The first-order chi connectivity index (χ1) is 13.7. The molecule has 0 N–H and O–H groups in total. The molecule has 2 aromatic carbocycles. The van der Waals surface area contributed by atoms with Gasteiger partial charge in [0, 0.05) is 29.8 Å². The number of aromatic nitrogens is 1. The normalized spacial score (nSPS) is 11.9. The van der Waals surface area contributed by atoms with Crippen molar-refractivity contribution < 1.29 is 13.2 Å². The fourth-order valence-corrected chi connectivity index (χ4v) is 4.89. The van der Waals surface area contributed by atoms with Crippen LogP contribution in [0.1, 0.15) is 10.4 Å². The van der Waals surface area contributed by atoms with Crippen molar-refractivity contribution >= 4 is 54.2 Å². The number of nitrogens with zero attached hydrogens (tertiary/aromatic N) is 3. The molecule has 6 nitrogen and oxygen atoms in total. The van der Waals surface area contributed by atoms with Gasteiger partial charge in [0.05, 0.1) is 15.1 Å². The second-order valence-electron chi connectivity index (χ2n) is 6.89. The number of carbonyl (C=O) groups excluding carboxylic acids is 1. The molecule has 0 aliphatic heterocycles. The fraction of sp³-hybridized carbons (Fsp3) is 0.300. The maximum absolute atomic E-state index is 13.2. The lowest BCUT2D eigenvalue weighted by Crippen LogP contribution is -2.36. The number of sulfone groups is 1. The third-order valence-electron chi connectivity index (χ3n) is 4.36. The quantitative estimate of drug-likeness (QED) is 0.513. The lowest BCUT2D eigenvalue weighted by Gasteiger charge is -2.22. The standard InChI is InChI=1S/C20H23N3O3S3/c1-22(2)11-12-23(19(24)14-5-8-16(9-6-14)29(4,25)26)20-21-17-10-7-15(27-3)13-18(17)28-20/h5-10,13H,11-12H2,1-4H3. The zero-order valence-corrected chi connectivity index (χ0v) is 19.2. The van der Waals surface area contributed by atoms with E-state index in [1.165, 1.54) is 23.5 Å². The van der Waals surface area contributed by atoms with Crippen LogP contribution in [-0.4, -0.2) is 63.9 Å². The average molecular weight is 450 g/mol. The summed E-state index contributed by atoms with van der Waals surface area (Å²) in [6.07, 6.45) is 3.17. The molecular formula is C20H23N3O3S3. The highest BCUT2D eigenvalue weighted by molar-refractivity contribution is 7.98. The van der Waals surface area contributed by atoms with E-state index in [1.54, 1.807) is 28.8 Å². The van der Waals surface area contributed by atoms with Crippen LogP contribution in [0.3, 0.4) is 0 Å². The summed E-state index contributed by atoms with van der Waals surface area (Å²) < 4.78 is 24.4. The summed E-state index contributed by atoms with van der Waals surface area (Å²) in [5.41, 5.74) is 1.29. The second-order valence-corrected chi connectivity index (χ2v) is 10.8. The summed E-state index contributed by atoms with van der Waals surface area (Å²) in [5.74, 6) is -0.198. The van der Waals surface area contributed by atoms with E-state index in [1.807, 2.05) is 37.4 Å². The Morgan fingerprint density at radius 3 is 2.38 bits per heavy atom. The zero-order valence-electron chi connectivity index (χ0n) is 16.7. The van der Waals surface area contributed by atoms with Crippen LogP contribution in [0.25, 0.3) is 10.2 Å². The SMILES string of the molecule is CSc1ccc2nc(N(CCN(C)C)C(=O)c3ccc(S(C)(=O)=O)cc3)sc2c1. The van der Waals surface area contributed by atoms with Gasteiger partial charge in [0.15, 0.2) is 15.0 Å². The van der Waals surface area contributed by atoms with E-state index in [-0.39, 0.29) is 10.8 Å². The molecule has 0 aliphatic rings. The number of thiazole rings is 1. The average Bonchev–Trinajstić information content (AvgIpc) is 3.09. The lowest BCUT2D eigenvalue weighted by atomic mass is 10.2. The highest BCUT2D eigenvalue weighted by Gasteiger charge is 2.22. The first-order valence-electron chi connectivity index (χ1n) is 8.90. The number of hydrogen-bond acceptors (Lipinski definition) is 7. The minimum absolute atomic E-state index is 0.193. The van der Waals surface area contributed by atoms with Gasteiger partial charge in [-0.1, -0.05) is 11.3 Å². The van der Waals surface area contributed by atoms with E-state index < -0.39 is 9.84 Å². The molecule has 0 radical (unpaired) electrons. The first-order valence-corrected chi connectivity index (χ1v) is 12.8. The van der Waals surface area contributed by atoms with Crippen LogP contribution in [-0.2, 0) is 9.84 Å². The first kappa shape index (κ1) is 21.8. The Balaban J connectivity index is 1.97. The van der Waals surface area contributed by atoms with Gasteiger partial charge >= 0.3 is 0 Å². The minimum Gasteiger partial charge on any atom is -0.308 e. The molecule has 1 aromatic heterocycles. The number of thioether (sulfide) groups is 1. The molecule has 3 aromatic rings. The summed E-state index contributed by atoms with van der Waals surface area (Å²) in [7, 11) is 0.595. The van der Waals surface area contributed by atoms with Crippen molar-refractivity contribution in [2.24, 2.45) is 0 Å². The van der Waals surface area contributed by atoms with Gasteiger partial charge in [0.25, 0.3) is 5.91 Å². The molecule has 0 atom stereocenters. The van der Waals surface area contributed by atoms with Gasteiger partial charge in [0.1, 0.15) is 0 Å². The molecule has 0 saturated carbocycles. The third kappa shape index (κ3) is 5.16. The number of likely N-dealkylation sites (N-methyl/N-ethyl adjacent to an activating group) is 1. The fourth-order valence-electron chi connectivity index (χ4n) is 2.72. The molecule has 3 rings (SSSR count). The van der Waals surface area contributed by atoms with Gasteiger partial charge in [-0.05, 0) is 62.8 Å². The smallest absolute Gasteiger partial charge is 0.260 e. The summed E-state index contributed by atoms with van der Waals surface area (Å²) >= 11 is 3.15. The van der Waals surface area contributed by atoms with Gasteiger partial charge in [-0.15, -0.1) is 11.8 Å². The molecule has 1 amide bonds. The number of anilines is 1. The number of hydrogen-bond donors (Lipinski definition) is 0. The van der Waals surface area contributed by atoms with Crippen LogP contribution in [0.4, 0.5) is 5.13 Å². The van der Waals surface area contributed by atoms with E-state index in [4.69, 9.17) is 0 Å². The van der Waals surface area contributed by atoms with Crippen LogP contribution in [0, 0.1) is 0 Å². The van der Waals surface area contributed by atoms with Crippen molar-refractivity contribution in [3.8, 4) is 0 Å². The molecule has 0 aliphatic carbocycles. The highest BCUT2D eigenvalue weighted by Crippen LogP contribution is 2.32. The summed E-state index contributed by atoms with van der Waals surface area (Å²) in [6.45, 7) is 1.16. The van der Waals surface area contributed by atoms with Crippen molar-refractivity contribution in [1.29, 1.82) is 0 Å². The van der Waals surface area contributed by atoms with Gasteiger partial charge in [-0.25, -0.2) is 13.4 Å². The lowest BCUT2D eigenvalue weighted by molar-refractivity contribution is 0.0985. The molecule has 0 fully saturated rings. The third-order valence-corrected chi connectivity index (χ3v) is 7.26. The van der Waals surface area contributed by atoms with Crippen LogP contribution in [0.2, 0.25) is 0 Å². The van der Waals surface area contributed by atoms with Crippen LogP contribution < -0.4 is 4.90 Å². The predicted octanol–water partition coefficient (Wildman–Crippen LogP) is 3.63. The minimum atomic E-state index is -3.31. The molecule has 0 spiro atoms. The molecule has 0 bridgehead atoms. The highest BCUT2D eigenvalue weighted by atomic mass is 32.2. The Morgan fingerprint density at radius 1 is 1.10 bits per heavy atom. The maximum Gasteiger partial charge on any atom is 0.260 e. The van der Waals surface area contributed by atoms with E-state index >= 15 is 0 Å². The Morgan fingerprint density at radius 2 is 1.79 bits per heavy atom. The van der Waals surface area contributed by atoms with Crippen molar-refractivity contribution in [3.05, 3.63) is 48.0 Å². The van der Waals surface area contributed by atoms with E-state index in [0.29, 0.717) is 23.8 Å². The number of amides is 1. The Labute approximate surface area is 179 Å². The van der Waals surface area contributed by atoms with E-state index in [2.05, 4.69) is 11.1 Å². The Hall–Kier alpha value is -1.94. The van der Waals surface area contributed by atoms with Crippen LogP contribution in [0.5, 0.6) is 0 Å². The second kappa shape index (κ2) is 8.83. The predicted molar refractivity (Wildman–Crippen MR) is 121 cm³/mol. The van der Waals surface area contributed by atoms with Crippen molar-refractivity contribution in [2.75, 3.05) is 44.6 Å².